The summed E-state index contributed by atoms with van der Waals surface area (Å²) in [4.78, 5) is 28.0. The average Bonchev–Trinajstić information content (AvgIpc) is 3.57. The number of rotatable bonds is 10. The van der Waals surface area contributed by atoms with Gasteiger partial charge in [-0.1, -0.05) is 54.6 Å². The lowest BCUT2D eigenvalue weighted by atomic mass is 9.99. The third-order valence-electron chi connectivity index (χ3n) is 8.63. The highest BCUT2D eigenvalue weighted by atomic mass is 16.7. The highest BCUT2D eigenvalue weighted by Gasteiger charge is 2.39. The molecule has 0 aromatic heterocycles. The van der Waals surface area contributed by atoms with Crippen LogP contribution in [0.4, 0.5) is 16.2 Å². The molecule has 2 heterocycles. The van der Waals surface area contributed by atoms with Gasteiger partial charge in [0.05, 0.1) is 18.8 Å². The van der Waals surface area contributed by atoms with Gasteiger partial charge in [0.2, 0.25) is 0 Å². The molecule has 0 spiro atoms. The number of aliphatic hydroxyl groups is 1. The van der Waals surface area contributed by atoms with Gasteiger partial charge in [-0.2, -0.15) is 0 Å². The van der Waals surface area contributed by atoms with E-state index in [0.29, 0.717) is 30.1 Å². The molecule has 0 unspecified atom stereocenters. The normalized spacial score (nSPS) is 21.0. The summed E-state index contributed by atoms with van der Waals surface area (Å²) in [6.45, 7) is 6.98. The summed E-state index contributed by atoms with van der Waals surface area (Å²) in [5.74, 6) is 1.20. The first kappa shape index (κ1) is 35.1. The van der Waals surface area contributed by atoms with Crippen LogP contribution in [0.1, 0.15) is 69.1 Å². The number of amides is 2. The summed E-state index contributed by atoms with van der Waals surface area (Å²) in [7, 11) is 0. The van der Waals surface area contributed by atoms with Crippen LogP contribution < -0.4 is 15.4 Å². The van der Waals surface area contributed by atoms with Crippen LogP contribution in [0.15, 0.2) is 103 Å². The van der Waals surface area contributed by atoms with E-state index in [-0.39, 0.29) is 36.9 Å². The van der Waals surface area contributed by atoms with Crippen LogP contribution >= 0.6 is 0 Å². The number of ether oxygens (including phenoxy) is 4. The van der Waals surface area contributed by atoms with E-state index in [1.807, 2.05) is 99.6 Å². The largest absolute Gasteiger partial charge is 0.459 e. The molecule has 10 nitrogen and oxygen atoms in total. The van der Waals surface area contributed by atoms with Crippen molar-refractivity contribution in [2.45, 2.75) is 76.8 Å². The fourth-order valence-corrected chi connectivity index (χ4v) is 6.22. The SMILES string of the molecule is CC(C)(C)OC(=O)[C@@H]1CCCN1C[C@@H]1C[C@H](c2ccc(CO)cc2)O[C@H](c2ccc(NC(=O)Nc3ccc(Oc4ccccc4)cc3)cc2)O1. The summed E-state index contributed by atoms with van der Waals surface area (Å²) in [6, 6.07) is 31.1. The molecular formula is C40H45N3O7. The third kappa shape index (κ3) is 9.48. The Kier molecular flexibility index (Phi) is 11.1. The molecule has 2 aliphatic heterocycles. The first-order valence-electron chi connectivity index (χ1n) is 17.1. The quantitative estimate of drug-likeness (QED) is 0.145. The van der Waals surface area contributed by atoms with E-state index >= 15 is 0 Å². The molecule has 0 radical (unpaired) electrons. The number of para-hydroxylation sites is 1. The van der Waals surface area contributed by atoms with Gasteiger partial charge in [-0.3, -0.25) is 9.69 Å². The number of esters is 1. The number of hydrogen-bond donors (Lipinski definition) is 3. The molecule has 0 saturated carbocycles. The van der Waals surface area contributed by atoms with E-state index < -0.39 is 11.9 Å². The van der Waals surface area contributed by atoms with E-state index in [1.54, 1.807) is 24.3 Å². The minimum atomic E-state index is -0.668. The maximum absolute atomic E-state index is 13.0. The number of carbonyl (C=O) groups excluding carboxylic acids is 2. The second kappa shape index (κ2) is 15.9. The lowest BCUT2D eigenvalue weighted by Crippen LogP contribution is -2.45. The zero-order valence-electron chi connectivity index (χ0n) is 28.7. The Morgan fingerprint density at radius 2 is 1.44 bits per heavy atom. The van der Waals surface area contributed by atoms with Crippen LogP contribution in [-0.4, -0.2) is 52.8 Å². The lowest BCUT2D eigenvalue weighted by molar-refractivity contribution is -0.253. The number of aliphatic hydroxyl groups excluding tert-OH is 1. The molecule has 4 aromatic rings. The van der Waals surface area contributed by atoms with Crippen molar-refractivity contribution in [3.8, 4) is 11.5 Å². The van der Waals surface area contributed by atoms with Crippen LogP contribution in [-0.2, 0) is 25.6 Å². The molecule has 2 fully saturated rings. The monoisotopic (exact) mass is 679 g/mol. The van der Waals surface area contributed by atoms with Crippen LogP contribution in [0.3, 0.4) is 0 Å². The molecular weight excluding hydrogens is 634 g/mol. The lowest BCUT2D eigenvalue weighted by Gasteiger charge is -2.38. The first-order valence-corrected chi connectivity index (χ1v) is 17.1. The van der Waals surface area contributed by atoms with Crippen molar-refractivity contribution in [3.63, 3.8) is 0 Å². The van der Waals surface area contributed by atoms with E-state index in [4.69, 9.17) is 18.9 Å². The zero-order valence-corrected chi connectivity index (χ0v) is 28.7. The van der Waals surface area contributed by atoms with Crippen LogP contribution in [0, 0.1) is 0 Å². The molecule has 10 heteroatoms. The second-order valence-electron chi connectivity index (χ2n) is 13.7. The molecule has 3 N–H and O–H groups in total. The number of likely N-dealkylation sites (tertiary alicyclic amines) is 1. The van der Waals surface area contributed by atoms with Crippen molar-refractivity contribution >= 4 is 23.4 Å². The minimum absolute atomic E-state index is 0.0322. The average molecular weight is 680 g/mol. The molecule has 262 valence electrons. The van der Waals surface area contributed by atoms with Gasteiger partial charge >= 0.3 is 12.0 Å². The Morgan fingerprint density at radius 3 is 2.08 bits per heavy atom. The molecule has 2 amide bonds. The van der Waals surface area contributed by atoms with Crippen LogP contribution in [0.5, 0.6) is 11.5 Å². The third-order valence-corrected chi connectivity index (χ3v) is 8.63. The van der Waals surface area contributed by atoms with Crippen molar-refractivity contribution in [2.24, 2.45) is 0 Å². The second-order valence-corrected chi connectivity index (χ2v) is 13.7. The van der Waals surface area contributed by atoms with Gasteiger partial charge in [0.25, 0.3) is 0 Å². The minimum Gasteiger partial charge on any atom is -0.459 e. The number of hydrogen-bond acceptors (Lipinski definition) is 8. The summed E-state index contributed by atoms with van der Waals surface area (Å²) in [5, 5.41) is 15.3. The number of benzene rings is 4. The van der Waals surface area contributed by atoms with Crippen molar-refractivity contribution in [2.75, 3.05) is 23.7 Å². The molecule has 2 saturated heterocycles. The molecule has 4 aromatic carbocycles. The topological polar surface area (TPSA) is 119 Å². The van der Waals surface area contributed by atoms with Gasteiger partial charge in [0.15, 0.2) is 6.29 Å². The molecule has 4 atom stereocenters. The fraction of sp³-hybridized carbons (Fsp3) is 0.350. The van der Waals surface area contributed by atoms with E-state index in [2.05, 4.69) is 15.5 Å². The smallest absolute Gasteiger partial charge is 0.323 e. The number of carbonyl (C=O) groups is 2. The predicted octanol–water partition coefficient (Wildman–Crippen LogP) is 7.97. The maximum Gasteiger partial charge on any atom is 0.323 e. The molecule has 50 heavy (non-hydrogen) atoms. The number of urea groups is 1. The fourth-order valence-electron chi connectivity index (χ4n) is 6.22. The molecule has 2 aliphatic rings. The Hall–Kier alpha value is -4.74. The van der Waals surface area contributed by atoms with Gasteiger partial charge in [-0.05, 0) is 99.8 Å². The van der Waals surface area contributed by atoms with Crippen molar-refractivity contribution in [1.29, 1.82) is 0 Å². The first-order chi connectivity index (χ1) is 24.1. The number of anilines is 2. The van der Waals surface area contributed by atoms with Crippen molar-refractivity contribution in [1.82, 2.24) is 4.90 Å². The molecule has 6 rings (SSSR count). The van der Waals surface area contributed by atoms with Gasteiger partial charge in [0, 0.05) is 29.9 Å². The Labute approximate surface area is 293 Å². The Bertz CT molecular complexity index is 1710. The van der Waals surface area contributed by atoms with Gasteiger partial charge in [0.1, 0.15) is 23.1 Å². The van der Waals surface area contributed by atoms with E-state index in [1.165, 1.54) is 0 Å². The van der Waals surface area contributed by atoms with E-state index in [0.717, 1.165) is 41.8 Å². The van der Waals surface area contributed by atoms with Crippen molar-refractivity contribution in [3.05, 3.63) is 120 Å². The highest BCUT2D eigenvalue weighted by molar-refractivity contribution is 5.99. The van der Waals surface area contributed by atoms with Crippen molar-refractivity contribution < 1.29 is 33.6 Å². The summed E-state index contributed by atoms with van der Waals surface area (Å²) < 4.78 is 24.6. The van der Waals surface area contributed by atoms with E-state index in [9.17, 15) is 14.7 Å². The predicted molar refractivity (Wildman–Crippen MR) is 191 cm³/mol. The number of nitrogens with zero attached hydrogens (tertiary/aromatic N) is 1. The number of nitrogens with one attached hydrogen (secondary N) is 2. The summed E-state index contributed by atoms with van der Waals surface area (Å²) in [6.07, 6.45) is 1.13. The van der Waals surface area contributed by atoms with Gasteiger partial charge in [-0.25, -0.2) is 4.79 Å². The zero-order chi connectivity index (χ0) is 35.1. The maximum atomic E-state index is 13.0. The Morgan fingerprint density at radius 1 is 0.820 bits per heavy atom. The van der Waals surface area contributed by atoms with Crippen LogP contribution in [0.25, 0.3) is 0 Å². The van der Waals surface area contributed by atoms with Gasteiger partial charge < -0.3 is 34.7 Å². The molecule has 0 aliphatic carbocycles. The standard InChI is InChI=1S/C40H45N3O7/c1-40(2,3)50-37(45)35-10-7-23-43(35)25-34-24-36(28-13-11-27(26-44)12-14-28)49-38(48-34)29-15-17-30(18-16-29)41-39(46)42-31-19-21-33(22-20-31)47-32-8-5-4-6-9-32/h4-6,8-9,11-22,34-36,38,44H,7,10,23-26H2,1-3H3,(H2,41,42,46)/t34-,35-,36+,38+/m0/s1. The summed E-state index contributed by atoms with van der Waals surface area (Å²) in [5.41, 5.74) is 3.29. The summed E-state index contributed by atoms with van der Waals surface area (Å²) >= 11 is 0. The van der Waals surface area contributed by atoms with Gasteiger partial charge in [-0.15, -0.1) is 0 Å². The highest BCUT2D eigenvalue weighted by Crippen LogP contribution is 2.39. The molecule has 0 bridgehead atoms. The Balaban J connectivity index is 1.10. The van der Waals surface area contributed by atoms with Crippen LogP contribution in [0.2, 0.25) is 0 Å².